The van der Waals surface area contributed by atoms with Crippen molar-refractivity contribution in [1.82, 2.24) is 0 Å². The predicted molar refractivity (Wildman–Crippen MR) is 122 cm³/mol. The summed E-state index contributed by atoms with van der Waals surface area (Å²) >= 11 is 0. The highest BCUT2D eigenvalue weighted by molar-refractivity contribution is 4.50. The molecule has 0 amide bonds. The highest BCUT2D eigenvalue weighted by Gasteiger charge is 2.20. The summed E-state index contributed by atoms with van der Waals surface area (Å²) in [7, 11) is 2.47. The van der Waals surface area contributed by atoms with Gasteiger partial charge in [-0.3, -0.25) is 0 Å². The van der Waals surface area contributed by atoms with Gasteiger partial charge in [-0.1, -0.05) is 90.9 Å². The third kappa shape index (κ3) is 19.0. The largest absolute Gasteiger partial charge is 0.376 e. The van der Waals surface area contributed by atoms with E-state index in [4.69, 9.17) is 4.74 Å². The van der Waals surface area contributed by atoms with E-state index in [1.54, 1.807) is 0 Å². The van der Waals surface area contributed by atoms with E-state index < -0.39 is 0 Å². The molecule has 2 nitrogen and oxygen atoms in total. The average molecular weight is 385 g/mol. The first-order chi connectivity index (χ1) is 13.2. The summed E-state index contributed by atoms with van der Waals surface area (Å²) in [5, 5.41) is 0. The molecule has 0 heterocycles. The fourth-order valence-electron chi connectivity index (χ4n) is 4.02. The molecule has 0 fully saturated rings. The topological polar surface area (TPSA) is 9.23 Å². The van der Waals surface area contributed by atoms with Gasteiger partial charge in [-0.05, 0) is 32.6 Å². The molecule has 0 aliphatic rings. The zero-order valence-corrected chi connectivity index (χ0v) is 19.7. The van der Waals surface area contributed by atoms with E-state index in [9.17, 15) is 0 Å². The zero-order chi connectivity index (χ0) is 20.1. The van der Waals surface area contributed by atoms with Crippen molar-refractivity contribution in [1.29, 1.82) is 0 Å². The second kappa shape index (κ2) is 20.6. The molecule has 0 aromatic rings. The lowest BCUT2D eigenvalue weighted by atomic mass is 10.1. The van der Waals surface area contributed by atoms with Gasteiger partial charge < -0.3 is 9.22 Å². The number of hydrogen-bond acceptors (Lipinski definition) is 1. The van der Waals surface area contributed by atoms with Gasteiger partial charge in [0.25, 0.3) is 0 Å². The van der Waals surface area contributed by atoms with Gasteiger partial charge in [-0.25, -0.2) is 0 Å². The van der Waals surface area contributed by atoms with Gasteiger partial charge in [0, 0.05) is 6.61 Å². The highest BCUT2D eigenvalue weighted by atomic mass is 16.5. The first-order valence-corrected chi connectivity index (χ1v) is 12.6. The first kappa shape index (κ1) is 26.9. The van der Waals surface area contributed by atoms with E-state index in [1.165, 1.54) is 127 Å². The van der Waals surface area contributed by atoms with Crippen LogP contribution >= 0.6 is 0 Å². The Balaban J connectivity index is 3.87. The lowest BCUT2D eigenvalue weighted by Crippen LogP contribution is -2.47. The maximum absolute atomic E-state index is 5.68. The van der Waals surface area contributed by atoms with Crippen LogP contribution in [-0.2, 0) is 4.74 Å². The molecule has 0 radical (unpaired) electrons. The summed E-state index contributed by atoms with van der Waals surface area (Å²) in [5.74, 6) is 0. The van der Waals surface area contributed by atoms with Crippen LogP contribution in [0.15, 0.2) is 0 Å². The van der Waals surface area contributed by atoms with Crippen molar-refractivity contribution in [2.24, 2.45) is 0 Å². The monoisotopic (exact) mass is 384 g/mol. The Kier molecular flexibility index (Phi) is 20.6. The summed E-state index contributed by atoms with van der Waals surface area (Å²) < 4.78 is 6.91. The Hall–Kier alpha value is -0.0800. The molecule has 0 spiro atoms. The third-order valence-electron chi connectivity index (χ3n) is 6.08. The van der Waals surface area contributed by atoms with Crippen LogP contribution in [0, 0.1) is 0 Å². The Morgan fingerprint density at radius 3 is 1.22 bits per heavy atom. The molecule has 0 atom stereocenters. The van der Waals surface area contributed by atoms with E-state index in [-0.39, 0.29) is 0 Å². The molecular formula is C25H54NO+. The van der Waals surface area contributed by atoms with Crippen molar-refractivity contribution in [2.75, 3.05) is 39.9 Å². The lowest BCUT2D eigenvalue weighted by Gasteiger charge is -2.35. The van der Waals surface area contributed by atoms with Crippen LogP contribution in [0.2, 0.25) is 0 Å². The van der Waals surface area contributed by atoms with E-state index >= 15 is 0 Å². The molecular weight excluding hydrogens is 330 g/mol. The quantitative estimate of drug-likeness (QED) is 0.137. The molecule has 27 heavy (non-hydrogen) atoms. The Morgan fingerprint density at radius 2 is 0.852 bits per heavy atom. The van der Waals surface area contributed by atoms with Crippen LogP contribution in [-0.4, -0.2) is 44.4 Å². The number of quaternary nitrogens is 1. The number of unbranched alkanes of at least 4 members (excludes halogenated alkanes) is 14. The Labute approximate surface area is 173 Å². The van der Waals surface area contributed by atoms with Crippen LogP contribution in [0.3, 0.4) is 0 Å². The minimum atomic E-state index is 0.857. The van der Waals surface area contributed by atoms with Crippen LogP contribution in [0.5, 0.6) is 0 Å². The summed E-state index contributed by atoms with van der Waals surface area (Å²) in [6, 6.07) is 0. The molecule has 0 aromatic carbocycles. The Bertz CT molecular complexity index is 259. The van der Waals surface area contributed by atoms with Crippen molar-refractivity contribution in [2.45, 2.75) is 124 Å². The van der Waals surface area contributed by atoms with Crippen molar-refractivity contribution in [3.05, 3.63) is 0 Å². The molecule has 0 aromatic heterocycles. The molecule has 0 saturated carbocycles. The number of rotatable bonds is 22. The maximum atomic E-state index is 5.68. The predicted octanol–water partition coefficient (Wildman–Crippen LogP) is 7.75. The average Bonchev–Trinajstić information content (AvgIpc) is 2.66. The number of ether oxygens (including phenoxy) is 1. The van der Waals surface area contributed by atoms with Crippen LogP contribution in [0.1, 0.15) is 124 Å². The smallest absolute Gasteiger partial charge is 0.102 e. The summed E-state index contributed by atoms with van der Waals surface area (Å²) in [4.78, 5) is 0. The number of likely N-dealkylation sites (N-methyl/N-ethyl adjacent to an activating group) is 1. The van der Waals surface area contributed by atoms with Crippen LogP contribution in [0.4, 0.5) is 0 Å². The molecule has 2 heteroatoms. The van der Waals surface area contributed by atoms with E-state index in [1.807, 2.05) is 0 Å². The standard InChI is InChI=1S/C25H54NO/c1-5-8-10-12-14-16-18-20-22-26(4,24-25-27-7-3)23-21-19-17-15-13-11-9-6-2/h5-25H2,1-4H3/q+1. The van der Waals surface area contributed by atoms with Gasteiger partial charge in [-0.2, -0.15) is 0 Å². The van der Waals surface area contributed by atoms with Gasteiger partial charge in [0.05, 0.1) is 26.7 Å². The molecule has 164 valence electrons. The second-order valence-corrected chi connectivity index (χ2v) is 8.94. The van der Waals surface area contributed by atoms with Gasteiger partial charge in [0.1, 0.15) is 6.54 Å². The van der Waals surface area contributed by atoms with Gasteiger partial charge in [0.15, 0.2) is 0 Å². The number of hydrogen-bond donors (Lipinski definition) is 0. The van der Waals surface area contributed by atoms with Crippen molar-refractivity contribution < 1.29 is 9.22 Å². The fourth-order valence-corrected chi connectivity index (χ4v) is 4.02. The molecule has 0 bridgehead atoms. The van der Waals surface area contributed by atoms with Crippen molar-refractivity contribution in [3.8, 4) is 0 Å². The molecule has 0 unspecified atom stereocenters. The molecule has 0 rings (SSSR count). The minimum absolute atomic E-state index is 0.857. The third-order valence-corrected chi connectivity index (χ3v) is 6.08. The molecule has 0 aliphatic carbocycles. The minimum Gasteiger partial charge on any atom is -0.376 e. The Morgan fingerprint density at radius 1 is 0.481 bits per heavy atom. The SMILES string of the molecule is CCCCCCCCCC[N+](C)(CCCCCCCCCC)CCOCC. The summed E-state index contributed by atoms with van der Waals surface area (Å²) in [6.07, 6.45) is 22.7. The van der Waals surface area contributed by atoms with E-state index in [0.717, 1.165) is 13.2 Å². The maximum Gasteiger partial charge on any atom is 0.102 e. The summed E-state index contributed by atoms with van der Waals surface area (Å²) in [5.41, 5.74) is 0. The van der Waals surface area contributed by atoms with Crippen LogP contribution in [0.25, 0.3) is 0 Å². The fraction of sp³-hybridized carbons (Fsp3) is 1.00. The lowest BCUT2D eigenvalue weighted by molar-refractivity contribution is -0.910. The summed E-state index contributed by atoms with van der Waals surface area (Å²) in [6.45, 7) is 12.4. The molecule has 0 N–H and O–H groups in total. The van der Waals surface area contributed by atoms with Crippen molar-refractivity contribution >= 4 is 0 Å². The molecule has 0 saturated heterocycles. The molecule has 0 aliphatic heterocycles. The van der Waals surface area contributed by atoms with Gasteiger partial charge >= 0.3 is 0 Å². The zero-order valence-electron chi connectivity index (χ0n) is 19.7. The van der Waals surface area contributed by atoms with Gasteiger partial charge in [0.2, 0.25) is 0 Å². The second-order valence-electron chi connectivity index (χ2n) is 8.94. The first-order valence-electron chi connectivity index (χ1n) is 12.6. The highest BCUT2D eigenvalue weighted by Crippen LogP contribution is 2.14. The van der Waals surface area contributed by atoms with Gasteiger partial charge in [-0.15, -0.1) is 0 Å². The van der Waals surface area contributed by atoms with E-state index in [2.05, 4.69) is 27.8 Å². The normalized spacial score (nSPS) is 12.0. The van der Waals surface area contributed by atoms with Crippen LogP contribution < -0.4 is 0 Å². The van der Waals surface area contributed by atoms with Crippen molar-refractivity contribution in [3.63, 3.8) is 0 Å². The van der Waals surface area contributed by atoms with E-state index in [0.29, 0.717) is 0 Å². The number of nitrogens with zero attached hydrogens (tertiary/aromatic N) is 1.